The number of aromatic carboxylic acids is 1. The maximum Gasteiger partial charge on any atom is 0.355 e. The molecule has 0 aromatic carbocycles. The Labute approximate surface area is 115 Å². The summed E-state index contributed by atoms with van der Waals surface area (Å²) in [4.78, 5) is 26.5. The summed E-state index contributed by atoms with van der Waals surface area (Å²) >= 11 is 1.30. The highest BCUT2D eigenvalue weighted by molar-refractivity contribution is 7.09. The Morgan fingerprint density at radius 1 is 1.63 bits per heavy atom. The summed E-state index contributed by atoms with van der Waals surface area (Å²) in [5.74, 6) is -0.644. The van der Waals surface area contributed by atoms with Crippen LogP contribution >= 0.6 is 11.3 Å². The van der Waals surface area contributed by atoms with Crippen LogP contribution in [0.3, 0.4) is 0 Å². The molecule has 19 heavy (non-hydrogen) atoms. The third-order valence-corrected chi connectivity index (χ3v) is 4.13. The maximum absolute atomic E-state index is 11.9. The molecule has 6 nitrogen and oxygen atoms in total. The average Bonchev–Trinajstić information content (AvgIpc) is 2.97. The van der Waals surface area contributed by atoms with E-state index in [2.05, 4.69) is 22.5 Å². The Morgan fingerprint density at radius 2 is 2.42 bits per heavy atom. The van der Waals surface area contributed by atoms with E-state index in [1.54, 1.807) is 0 Å². The van der Waals surface area contributed by atoms with E-state index in [-0.39, 0.29) is 17.6 Å². The smallest absolute Gasteiger partial charge is 0.355 e. The SMILES string of the molecule is CC1CCNC1C(=O)NCCc1nc(C(=O)O)cs1. The first kappa shape index (κ1) is 14.0. The zero-order valence-electron chi connectivity index (χ0n) is 10.7. The van der Waals surface area contributed by atoms with Crippen LogP contribution in [0, 0.1) is 5.92 Å². The van der Waals surface area contributed by atoms with Crippen LogP contribution in [0.4, 0.5) is 0 Å². The molecule has 1 fully saturated rings. The molecule has 0 spiro atoms. The highest BCUT2D eigenvalue weighted by atomic mass is 32.1. The molecule has 7 heteroatoms. The van der Waals surface area contributed by atoms with Crippen molar-refractivity contribution >= 4 is 23.2 Å². The fourth-order valence-corrected chi connectivity index (χ4v) is 2.88. The van der Waals surface area contributed by atoms with Gasteiger partial charge in [0.15, 0.2) is 5.69 Å². The van der Waals surface area contributed by atoms with Crippen LogP contribution in [-0.4, -0.2) is 41.1 Å². The van der Waals surface area contributed by atoms with Gasteiger partial charge in [-0.15, -0.1) is 11.3 Å². The van der Waals surface area contributed by atoms with E-state index < -0.39 is 5.97 Å². The van der Waals surface area contributed by atoms with Crippen molar-refractivity contribution in [2.45, 2.75) is 25.8 Å². The second-order valence-electron chi connectivity index (χ2n) is 4.67. The van der Waals surface area contributed by atoms with E-state index >= 15 is 0 Å². The molecular formula is C12H17N3O3S. The molecule has 1 amide bonds. The first-order valence-electron chi connectivity index (χ1n) is 6.26. The fraction of sp³-hybridized carbons (Fsp3) is 0.583. The zero-order valence-corrected chi connectivity index (χ0v) is 11.5. The molecule has 0 aliphatic carbocycles. The quantitative estimate of drug-likeness (QED) is 0.732. The number of nitrogens with zero attached hydrogens (tertiary/aromatic N) is 1. The average molecular weight is 283 g/mol. The molecule has 2 rings (SSSR count). The van der Waals surface area contributed by atoms with Crippen LogP contribution in [0.2, 0.25) is 0 Å². The number of rotatable bonds is 5. The number of amides is 1. The largest absolute Gasteiger partial charge is 0.476 e. The van der Waals surface area contributed by atoms with Crippen molar-refractivity contribution in [3.63, 3.8) is 0 Å². The summed E-state index contributed by atoms with van der Waals surface area (Å²) in [6, 6.07) is -0.106. The molecule has 1 aromatic heterocycles. The lowest BCUT2D eigenvalue weighted by atomic mass is 10.0. The Hall–Kier alpha value is -1.47. The number of hydrogen-bond donors (Lipinski definition) is 3. The molecule has 2 unspecified atom stereocenters. The topological polar surface area (TPSA) is 91.3 Å². The molecule has 3 N–H and O–H groups in total. The molecule has 1 aliphatic heterocycles. The van der Waals surface area contributed by atoms with Crippen LogP contribution in [0.25, 0.3) is 0 Å². The molecule has 2 heterocycles. The number of carboxylic acid groups (broad SMARTS) is 1. The first-order chi connectivity index (χ1) is 9.08. The van der Waals surface area contributed by atoms with Crippen LogP contribution in [0.5, 0.6) is 0 Å². The van der Waals surface area contributed by atoms with Gasteiger partial charge >= 0.3 is 5.97 Å². The highest BCUT2D eigenvalue weighted by Crippen LogP contribution is 2.14. The number of aromatic nitrogens is 1. The molecule has 0 saturated carbocycles. The Bertz CT molecular complexity index is 475. The number of hydrogen-bond acceptors (Lipinski definition) is 5. The number of carboxylic acids is 1. The number of carbonyl (C=O) groups excluding carboxylic acids is 1. The Morgan fingerprint density at radius 3 is 3.00 bits per heavy atom. The van der Waals surface area contributed by atoms with E-state index in [1.807, 2.05) is 0 Å². The first-order valence-corrected chi connectivity index (χ1v) is 7.14. The monoisotopic (exact) mass is 283 g/mol. The lowest BCUT2D eigenvalue weighted by Gasteiger charge is -2.14. The fourth-order valence-electron chi connectivity index (χ4n) is 2.11. The molecule has 2 atom stereocenters. The predicted molar refractivity (Wildman–Crippen MR) is 71.4 cm³/mol. The Kier molecular flexibility index (Phi) is 4.49. The maximum atomic E-state index is 11.9. The predicted octanol–water partition coefficient (Wildman–Crippen LogP) is 0.498. The van der Waals surface area contributed by atoms with Gasteiger partial charge in [0.25, 0.3) is 0 Å². The minimum atomic E-state index is -1.02. The molecule has 104 valence electrons. The minimum absolute atomic E-state index is 0.0139. The van der Waals surface area contributed by atoms with Crippen LogP contribution in [0.15, 0.2) is 5.38 Å². The second-order valence-corrected chi connectivity index (χ2v) is 5.61. The normalized spacial score (nSPS) is 22.4. The summed E-state index contributed by atoms with van der Waals surface area (Å²) < 4.78 is 0. The number of carbonyl (C=O) groups is 2. The van der Waals surface area contributed by atoms with Gasteiger partial charge in [-0.25, -0.2) is 9.78 Å². The van der Waals surface area contributed by atoms with Crippen molar-refractivity contribution in [1.82, 2.24) is 15.6 Å². The van der Waals surface area contributed by atoms with Gasteiger partial charge < -0.3 is 15.7 Å². The lowest BCUT2D eigenvalue weighted by Crippen LogP contribution is -2.43. The minimum Gasteiger partial charge on any atom is -0.476 e. The van der Waals surface area contributed by atoms with Gasteiger partial charge in [0.1, 0.15) is 0 Å². The van der Waals surface area contributed by atoms with E-state index in [0.29, 0.717) is 18.9 Å². The molecule has 1 aliphatic rings. The van der Waals surface area contributed by atoms with Crippen molar-refractivity contribution in [3.8, 4) is 0 Å². The third-order valence-electron chi connectivity index (χ3n) is 3.22. The zero-order chi connectivity index (χ0) is 13.8. The van der Waals surface area contributed by atoms with Crippen molar-refractivity contribution < 1.29 is 14.7 Å². The standard InChI is InChI=1S/C12H17N3O3S/c1-7-2-4-13-10(7)11(16)14-5-3-9-15-8(6-19-9)12(17)18/h6-7,10,13H,2-5H2,1H3,(H,14,16)(H,17,18). The van der Waals surface area contributed by atoms with Gasteiger partial charge in [0.2, 0.25) is 5.91 Å². The van der Waals surface area contributed by atoms with E-state index in [0.717, 1.165) is 18.0 Å². The summed E-state index contributed by atoms with van der Waals surface area (Å²) in [7, 11) is 0. The third kappa shape index (κ3) is 3.51. The van der Waals surface area contributed by atoms with Crippen LogP contribution in [-0.2, 0) is 11.2 Å². The van der Waals surface area contributed by atoms with E-state index in [4.69, 9.17) is 5.11 Å². The molecular weight excluding hydrogens is 266 g/mol. The van der Waals surface area contributed by atoms with E-state index in [1.165, 1.54) is 16.7 Å². The van der Waals surface area contributed by atoms with Crippen molar-refractivity contribution in [2.75, 3.05) is 13.1 Å². The van der Waals surface area contributed by atoms with Crippen LogP contribution < -0.4 is 10.6 Å². The van der Waals surface area contributed by atoms with Gasteiger partial charge in [0, 0.05) is 18.3 Å². The number of thiazole rings is 1. The van der Waals surface area contributed by atoms with Gasteiger partial charge in [0.05, 0.1) is 11.0 Å². The summed E-state index contributed by atoms with van der Waals surface area (Å²) in [6.07, 6.45) is 1.58. The molecule has 0 bridgehead atoms. The second kappa shape index (κ2) is 6.12. The summed E-state index contributed by atoms with van der Waals surface area (Å²) in [6.45, 7) is 3.42. The summed E-state index contributed by atoms with van der Waals surface area (Å²) in [5, 5.41) is 17.0. The van der Waals surface area contributed by atoms with Crippen molar-refractivity contribution in [1.29, 1.82) is 0 Å². The summed E-state index contributed by atoms with van der Waals surface area (Å²) in [5.41, 5.74) is 0.0670. The van der Waals surface area contributed by atoms with Gasteiger partial charge in [-0.3, -0.25) is 4.79 Å². The van der Waals surface area contributed by atoms with Crippen LogP contribution in [0.1, 0.15) is 28.8 Å². The Balaban J connectivity index is 1.76. The van der Waals surface area contributed by atoms with Crippen molar-refractivity contribution in [2.24, 2.45) is 5.92 Å². The van der Waals surface area contributed by atoms with Gasteiger partial charge in [-0.05, 0) is 18.9 Å². The lowest BCUT2D eigenvalue weighted by molar-refractivity contribution is -0.123. The van der Waals surface area contributed by atoms with Crippen molar-refractivity contribution in [3.05, 3.63) is 16.1 Å². The van der Waals surface area contributed by atoms with Gasteiger partial charge in [-0.1, -0.05) is 6.92 Å². The molecule has 0 radical (unpaired) electrons. The number of nitrogens with one attached hydrogen (secondary N) is 2. The highest BCUT2D eigenvalue weighted by Gasteiger charge is 2.28. The van der Waals surface area contributed by atoms with Gasteiger partial charge in [-0.2, -0.15) is 0 Å². The van der Waals surface area contributed by atoms with E-state index in [9.17, 15) is 9.59 Å². The molecule has 1 aromatic rings. The molecule has 1 saturated heterocycles.